The number of aliphatic hydroxyl groups excluding tert-OH is 1. The van der Waals surface area contributed by atoms with Gasteiger partial charge >= 0.3 is 5.97 Å². The van der Waals surface area contributed by atoms with E-state index >= 15 is 0 Å². The molecule has 4 N–H and O–H groups in total. The first-order chi connectivity index (χ1) is 18.8. The molecule has 39 heavy (non-hydrogen) atoms. The Kier molecular flexibility index (Phi) is 7.92. The summed E-state index contributed by atoms with van der Waals surface area (Å²) in [5.41, 5.74) is 3.26. The number of carbonyl (C=O) groups is 2. The zero-order valence-corrected chi connectivity index (χ0v) is 21.5. The zero-order chi connectivity index (χ0) is 27.4. The predicted octanol–water partition coefficient (Wildman–Crippen LogP) is 5.25. The highest BCUT2D eigenvalue weighted by atomic mass is 35.5. The molecule has 0 aliphatic heterocycles. The van der Waals surface area contributed by atoms with E-state index in [4.69, 9.17) is 20.8 Å². The lowest BCUT2D eigenvalue weighted by molar-refractivity contribution is 0.0696. The molecule has 9 nitrogen and oxygen atoms in total. The Labute approximate surface area is 229 Å². The second-order valence-electron chi connectivity index (χ2n) is 9.29. The molecule has 2 atom stereocenters. The van der Waals surface area contributed by atoms with Crippen LogP contribution >= 0.6 is 11.6 Å². The summed E-state index contributed by atoms with van der Waals surface area (Å²) in [5.74, 6) is -0.723. The van der Waals surface area contributed by atoms with E-state index in [0.29, 0.717) is 23.0 Å². The van der Waals surface area contributed by atoms with Crippen molar-refractivity contribution < 1.29 is 29.0 Å². The highest BCUT2D eigenvalue weighted by Gasteiger charge is 2.21. The summed E-state index contributed by atoms with van der Waals surface area (Å²) >= 11 is 5.83. The number of amides is 1. The molecule has 5 rings (SSSR count). The third-order valence-electron chi connectivity index (χ3n) is 6.53. The highest BCUT2D eigenvalue weighted by molar-refractivity contribution is 6.29. The number of pyridine rings is 1. The number of nitrogens with zero attached hydrogens (tertiary/aromatic N) is 1. The number of benzene rings is 2. The van der Waals surface area contributed by atoms with Gasteiger partial charge in [0.1, 0.15) is 16.7 Å². The number of aliphatic hydroxyl groups is 1. The lowest BCUT2D eigenvalue weighted by Gasteiger charge is -2.27. The minimum Gasteiger partial charge on any atom is -0.478 e. The van der Waals surface area contributed by atoms with Crippen molar-refractivity contribution >= 4 is 29.2 Å². The number of carbonyl (C=O) groups excluding carboxylic acids is 1. The van der Waals surface area contributed by atoms with E-state index in [1.807, 2.05) is 18.2 Å². The fourth-order valence-corrected chi connectivity index (χ4v) is 4.65. The Balaban J connectivity index is 1.26. The number of halogens is 1. The zero-order valence-electron chi connectivity index (χ0n) is 20.8. The smallest absolute Gasteiger partial charge is 0.335 e. The van der Waals surface area contributed by atoms with E-state index < -0.39 is 18.0 Å². The van der Waals surface area contributed by atoms with Crippen molar-refractivity contribution in [2.75, 3.05) is 11.9 Å². The number of anilines is 1. The summed E-state index contributed by atoms with van der Waals surface area (Å²) < 4.78 is 11.1. The molecule has 2 heterocycles. The number of hydrogen-bond donors (Lipinski definition) is 4. The average molecular weight is 548 g/mol. The van der Waals surface area contributed by atoms with Crippen LogP contribution in [-0.2, 0) is 12.8 Å². The van der Waals surface area contributed by atoms with Crippen molar-refractivity contribution in [2.24, 2.45) is 0 Å². The summed E-state index contributed by atoms with van der Waals surface area (Å²) in [5, 5.41) is 26.5. The molecular formula is C29H26ClN3O6. The maximum atomic E-state index is 12.4. The molecule has 1 aliphatic carbocycles. The predicted molar refractivity (Wildman–Crippen MR) is 145 cm³/mol. The Morgan fingerprint density at radius 3 is 2.72 bits per heavy atom. The number of hydrogen-bond acceptors (Lipinski definition) is 7. The highest BCUT2D eigenvalue weighted by Crippen LogP contribution is 2.31. The molecule has 2 aromatic carbocycles. The first-order valence-corrected chi connectivity index (χ1v) is 12.8. The molecule has 200 valence electrons. The van der Waals surface area contributed by atoms with E-state index in [0.717, 1.165) is 24.8 Å². The van der Waals surface area contributed by atoms with Crippen LogP contribution in [0.1, 0.15) is 50.1 Å². The fraction of sp³-hybridized carbons (Fsp3) is 0.207. The van der Waals surface area contributed by atoms with Gasteiger partial charge in [-0.1, -0.05) is 23.7 Å². The summed E-state index contributed by atoms with van der Waals surface area (Å²) in [4.78, 5) is 28.1. The van der Waals surface area contributed by atoms with Gasteiger partial charge in [-0.25, -0.2) is 9.78 Å². The van der Waals surface area contributed by atoms with Gasteiger partial charge in [0.25, 0.3) is 5.91 Å². The van der Waals surface area contributed by atoms with E-state index in [1.165, 1.54) is 30.0 Å². The summed E-state index contributed by atoms with van der Waals surface area (Å²) in [6, 6.07) is 16.8. The summed E-state index contributed by atoms with van der Waals surface area (Å²) in [7, 11) is 0. The lowest BCUT2D eigenvalue weighted by Crippen LogP contribution is -2.37. The van der Waals surface area contributed by atoms with Gasteiger partial charge in [0.05, 0.1) is 17.9 Å². The topological polar surface area (TPSA) is 134 Å². The van der Waals surface area contributed by atoms with Crippen LogP contribution in [0.15, 0.2) is 77.5 Å². The standard InChI is InChI=1S/C29H26ClN3O6/c30-27-8-5-18(15-32-27)25(34)16-31-21-6-3-17-4-7-23(12-19(17)10-21)39-24-13-20(29(36)37)11-22(14-24)33-28(35)26-2-1-9-38-26/h1-2,4-5,7-9,11-15,21,25,31,34H,3,6,10,16H2,(H,33,35)(H,36,37)/t21-,25+/m0/s1. The fourth-order valence-electron chi connectivity index (χ4n) is 4.54. The van der Waals surface area contributed by atoms with Gasteiger partial charge in [-0.15, -0.1) is 0 Å². The van der Waals surface area contributed by atoms with E-state index in [2.05, 4.69) is 15.6 Å². The van der Waals surface area contributed by atoms with Crippen LogP contribution in [0.4, 0.5) is 5.69 Å². The summed E-state index contributed by atoms with van der Waals surface area (Å²) in [6.07, 6.45) is 4.81. The van der Waals surface area contributed by atoms with Crippen LogP contribution in [0.2, 0.25) is 5.15 Å². The van der Waals surface area contributed by atoms with Gasteiger partial charge in [-0.05, 0) is 72.9 Å². The summed E-state index contributed by atoms with van der Waals surface area (Å²) in [6.45, 7) is 0.383. The molecule has 10 heteroatoms. The Bertz CT molecular complexity index is 1470. The van der Waals surface area contributed by atoms with E-state index in [-0.39, 0.29) is 28.8 Å². The molecule has 0 unspecified atom stereocenters. The quantitative estimate of drug-likeness (QED) is 0.209. The monoisotopic (exact) mass is 547 g/mol. The van der Waals surface area contributed by atoms with Crippen LogP contribution in [0.3, 0.4) is 0 Å². The number of rotatable bonds is 9. The van der Waals surface area contributed by atoms with Crippen molar-refractivity contribution in [1.82, 2.24) is 10.3 Å². The van der Waals surface area contributed by atoms with Crippen molar-refractivity contribution in [1.29, 1.82) is 0 Å². The van der Waals surface area contributed by atoms with E-state index in [1.54, 1.807) is 30.5 Å². The Morgan fingerprint density at radius 2 is 1.97 bits per heavy atom. The number of carboxylic acids is 1. The molecule has 0 spiro atoms. The molecule has 0 saturated carbocycles. The second-order valence-corrected chi connectivity index (χ2v) is 9.68. The number of nitrogens with one attached hydrogen (secondary N) is 2. The van der Waals surface area contributed by atoms with Gasteiger partial charge in [0.2, 0.25) is 0 Å². The van der Waals surface area contributed by atoms with Crippen molar-refractivity contribution in [3.05, 3.63) is 106 Å². The van der Waals surface area contributed by atoms with Crippen LogP contribution in [0, 0.1) is 0 Å². The van der Waals surface area contributed by atoms with Gasteiger partial charge in [0.15, 0.2) is 5.76 Å². The second kappa shape index (κ2) is 11.7. The molecule has 0 bridgehead atoms. The maximum absolute atomic E-state index is 12.4. The average Bonchev–Trinajstić information content (AvgIpc) is 3.47. The van der Waals surface area contributed by atoms with Crippen molar-refractivity contribution in [3.63, 3.8) is 0 Å². The van der Waals surface area contributed by atoms with Gasteiger partial charge in [-0.3, -0.25) is 4.79 Å². The number of ether oxygens (including phenoxy) is 1. The number of aryl methyl sites for hydroxylation is 1. The first-order valence-electron chi connectivity index (χ1n) is 12.4. The molecular weight excluding hydrogens is 522 g/mol. The third-order valence-corrected chi connectivity index (χ3v) is 6.76. The molecule has 0 radical (unpaired) electrons. The Hall–Kier alpha value is -4.18. The minimum absolute atomic E-state index is 0.0288. The van der Waals surface area contributed by atoms with Crippen LogP contribution in [0.5, 0.6) is 11.5 Å². The number of aromatic nitrogens is 1. The number of aromatic carboxylic acids is 1. The first kappa shape index (κ1) is 26.4. The third kappa shape index (κ3) is 6.64. The normalized spacial score (nSPS) is 15.3. The maximum Gasteiger partial charge on any atom is 0.335 e. The van der Waals surface area contributed by atoms with Crippen molar-refractivity contribution in [2.45, 2.75) is 31.4 Å². The number of fused-ring (bicyclic) bond motifs is 1. The van der Waals surface area contributed by atoms with Crippen molar-refractivity contribution in [3.8, 4) is 11.5 Å². The number of furan rings is 1. The van der Waals surface area contributed by atoms with Crippen LogP contribution in [-0.4, -0.2) is 39.7 Å². The van der Waals surface area contributed by atoms with Gasteiger partial charge in [-0.2, -0.15) is 0 Å². The van der Waals surface area contributed by atoms with Crippen LogP contribution < -0.4 is 15.4 Å². The molecule has 2 aromatic heterocycles. The largest absolute Gasteiger partial charge is 0.478 e. The molecule has 0 saturated heterocycles. The van der Waals surface area contributed by atoms with Gasteiger partial charge in [0, 0.05) is 36.1 Å². The van der Waals surface area contributed by atoms with Gasteiger partial charge < -0.3 is 30.0 Å². The minimum atomic E-state index is -1.15. The number of carboxylic acid groups (broad SMARTS) is 1. The molecule has 1 amide bonds. The molecule has 1 aliphatic rings. The van der Waals surface area contributed by atoms with E-state index in [9.17, 15) is 19.8 Å². The molecule has 0 fully saturated rings. The lowest BCUT2D eigenvalue weighted by atomic mass is 9.88. The Morgan fingerprint density at radius 1 is 1.10 bits per heavy atom. The molecule has 4 aromatic rings. The SMILES string of the molecule is O=C(O)c1cc(NC(=O)c2ccco2)cc(Oc2ccc3c(c2)C[C@@H](NC[C@@H](O)c2ccc(Cl)nc2)CC3)c1. The van der Waals surface area contributed by atoms with Crippen LogP contribution in [0.25, 0.3) is 0 Å².